The van der Waals surface area contributed by atoms with Crippen LogP contribution in [0.2, 0.25) is 0 Å². The molecular weight excluding hydrogens is 266 g/mol. The summed E-state index contributed by atoms with van der Waals surface area (Å²) in [5.41, 5.74) is 15.4. The van der Waals surface area contributed by atoms with Crippen molar-refractivity contribution in [3.05, 3.63) is 53.6 Å². The number of benzene rings is 2. The van der Waals surface area contributed by atoms with Crippen LogP contribution in [0.5, 0.6) is 0 Å². The van der Waals surface area contributed by atoms with E-state index >= 15 is 0 Å². The Kier molecular flexibility index (Phi) is 3.17. The van der Waals surface area contributed by atoms with Crippen LogP contribution >= 0.6 is 0 Å². The number of hydrogen-bond acceptors (Lipinski definition) is 4. The molecule has 21 heavy (non-hydrogen) atoms. The molecule has 1 heterocycles. The molecule has 0 saturated carbocycles. The molecular formula is C16H17N3O2. The van der Waals surface area contributed by atoms with Crippen LogP contribution in [-0.2, 0) is 4.74 Å². The van der Waals surface area contributed by atoms with E-state index in [1.165, 1.54) is 0 Å². The molecule has 1 aliphatic heterocycles. The summed E-state index contributed by atoms with van der Waals surface area (Å²) in [5, 5.41) is 0. The maximum absolute atomic E-state index is 12.1. The minimum Gasteiger partial charge on any atom is -0.447 e. The van der Waals surface area contributed by atoms with Gasteiger partial charge < -0.3 is 16.2 Å². The number of carbonyl (C=O) groups excluding carboxylic acids is 1. The molecule has 1 amide bonds. The predicted octanol–water partition coefficient (Wildman–Crippen LogP) is 2.86. The number of nitrogen functional groups attached to an aromatic ring is 2. The maximum atomic E-state index is 12.1. The Labute approximate surface area is 123 Å². The highest BCUT2D eigenvalue weighted by atomic mass is 16.6. The third kappa shape index (κ3) is 2.27. The zero-order valence-corrected chi connectivity index (χ0v) is 11.7. The van der Waals surface area contributed by atoms with Crippen LogP contribution in [0, 0.1) is 6.92 Å². The van der Waals surface area contributed by atoms with Gasteiger partial charge in [-0.2, -0.15) is 0 Å². The molecule has 0 bridgehead atoms. The SMILES string of the molecule is Cc1cc(N2C(=O)OCC2c2ccccc2)cc(N)c1N. The van der Waals surface area contributed by atoms with Crippen molar-refractivity contribution in [1.29, 1.82) is 0 Å². The number of ether oxygens (including phenoxy) is 1. The number of amides is 1. The van der Waals surface area contributed by atoms with Gasteiger partial charge in [-0.05, 0) is 30.2 Å². The summed E-state index contributed by atoms with van der Waals surface area (Å²) in [7, 11) is 0. The molecule has 0 aliphatic carbocycles. The van der Waals surface area contributed by atoms with Gasteiger partial charge in [0.1, 0.15) is 6.61 Å². The van der Waals surface area contributed by atoms with Gasteiger partial charge in [-0.1, -0.05) is 30.3 Å². The van der Waals surface area contributed by atoms with E-state index in [4.69, 9.17) is 16.2 Å². The van der Waals surface area contributed by atoms with Crippen molar-refractivity contribution < 1.29 is 9.53 Å². The Balaban J connectivity index is 2.04. The standard InChI is InChI=1S/C16H17N3O2/c1-10-7-12(8-13(17)15(10)18)19-14(9-21-16(19)20)11-5-3-2-4-6-11/h2-8,14H,9,17-18H2,1H3. The lowest BCUT2D eigenvalue weighted by atomic mass is 10.1. The molecule has 3 rings (SSSR count). The molecule has 2 aromatic rings. The second kappa shape index (κ2) is 5.01. The fourth-order valence-corrected chi connectivity index (χ4v) is 2.57. The molecule has 108 valence electrons. The number of anilines is 3. The quantitative estimate of drug-likeness (QED) is 0.830. The largest absolute Gasteiger partial charge is 0.447 e. The molecule has 1 aliphatic rings. The van der Waals surface area contributed by atoms with Gasteiger partial charge in [0.25, 0.3) is 0 Å². The molecule has 1 unspecified atom stereocenters. The van der Waals surface area contributed by atoms with Crippen molar-refractivity contribution >= 4 is 23.2 Å². The molecule has 0 aromatic heterocycles. The van der Waals surface area contributed by atoms with E-state index in [-0.39, 0.29) is 12.1 Å². The number of cyclic esters (lactones) is 1. The van der Waals surface area contributed by atoms with Gasteiger partial charge in [0.05, 0.1) is 23.1 Å². The fraction of sp³-hybridized carbons (Fsp3) is 0.188. The fourth-order valence-electron chi connectivity index (χ4n) is 2.57. The summed E-state index contributed by atoms with van der Waals surface area (Å²) in [6.07, 6.45) is -0.368. The van der Waals surface area contributed by atoms with E-state index in [9.17, 15) is 4.79 Å². The number of rotatable bonds is 2. The van der Waals surface area contributed by atoms with Crippen LogP contribution < -0.4 is 16.4 Å². The average Bonchev–Trinajstić information content (AvgIpc) is 2.87. The van der Waals surface area contributed by atoms with E-state index in [2.05, 4.69) is 0 Å². The Morgan fingerprint density at radius 2 is 1.90 bits per heavy atom. The van der Waals surface area contributed by atoms with Crippen molar-refractivity contribution in [3.63, 3.8) is 0 Å². The van der Waals surface area contributed by atoms with Crippen molar-refractivity contribution in [2.45, 2.75) is 13.0 Å². The first-order valence-electron chi connectivity index (χ1n) is 6.74. The van der Waals surface area contributed by atoms with E-state index in [1.807, 2.05) is 43.3 Å². The van der Waals surface area contributed by atoms with Crippen molar-refractivity contribution in [1.82, 2.24) is 0 Å². The van der Waals surface area contributed by atoms with E-state index in [1.54, 1.807) is 11.0 Å². The molecule has 1 saturated heterocycles. The predicted molar refractivity (Wildman–Crippen MR) is 83.0 cm³/mol. The van der Waals surface area contributed by atoms with E-state index < -0.39 is 0 Å². The zero-order chi connectivity index (χ0) is 15.0. The van der Waals surface area contributed by atoms with Crippen molar-refractivity contribution in [2.24, 2.45) is 0 Å². The summed E-state index contributed by atoms with van der Waals surface area (Å²) in [6, 6.07) is 13.2. The summed E-state index contributed by atoms with van der Waals surface area (Å²) in [6.45, 7) is 2.19. The van der Waals surface area contributed by atoms with Gasteiger partial charge in [-0.3, -0.25) is 4.90 Å². The van der Waals surface area contributed by atoms with Gasteiger partial charge in [0.15, 0.2) is 0 Å². The average molecular weight is 283 g/mol. The Hall–Kier alpha value is -2.69. The molecule has 5 nitrogen and oxygen atoms in total. The topological polar surface area (TPSA) is 81.6 Å². The third-order valence-electron chi connectivity index (χ3n) is 3.74. The first-order chi connectivity index (χ1) is 10.1. The molecule has 1 fully saturated rings. The highest BCUT2D eigenvalue weighted by molar-refractivity contribution is 5.92. The Bertz CT molecular complexity index is 662. The van der Waals surface area contributed by atoms with E-state index in [0.29, 0.717) is 23.7 Å². The molecule has 0 radical (unpaired) electrons. The van der Waals surface area contributed by atoms with Gasteiger partial charge in [0.2, 0.25) is 0 Å². The van der Waals surface area contributed by atoms with Gasteiger partial charge in [-0.15, -0.1) is 0 Å². The van der Waals surface area contributed by atoms with Gasteiger partial charge in [0, 0.05) is 0 Å². The highest BCUT2D eigenvalue weighted by Crippen LogP contribution is 2.36. The lowest BCUT2D eigenvalue weighted by Gasteiger charge is -2.23. The smallest absolute Gasteiger partial charge is 0.415 e. The first kappa shape index (κ1) is 13.3. The summed E-state index contributed by atoms with van der Waals surface area (Å²) in [4.78, 5) is 13.7. The molecule has 1 atom stereocenters. The number of hydrogen-bond donors (Lipinski definition) is 2. The summed E-state index contributed by atoms with van der Waals surface area (Å²) < 4.78 is 5.21. The zero-order valence-electron chi connectivity index (χ0n) is 11.7. The van der Waals surface area contributed by atoms with Crippen LogP contribution in [0.3, 0.4) is 0 Å². The Morgan fingerprint density at radius 1 is 1.19 bits per heavy atom. The number of nitrogens with two attached hydrogens (primary N) is 2. The van der Waals surface area contributed by atoms with Gasteiger partial charge >= 0.3 is 6.09 Å². The molecule has 5 heteroatoms. The monoisotopic (exact) mass is 283 g/mol. The summed E-state index contributed by atoms with van der Waals surface area (Å²) >= 11 is 0. The van der Waals surface area contributed by atoms with E-state index in [0.717, 1.165) is 11.1 Å². The van der Waals surface area contributed by atoms with Crippen LogP contribution in [0.4, 0.5) is 21.9 Å². The lowest BCUT2D eigenvalue weighted by molar-refractivity contribution is 0.179. The number of carbonyl (C=O) groups is 1. The highest BCUT2D eigenvalue weighted by Gasteiger charge is 2.35. The second-order valence-corrected chi connectivity index (χ2v) is 5.14. The molecule has 4 N–H and O–H groups in total. The normalized spacial score (nSPS) is 17.9. The maximum Gasteiger partial charge on any atom is 0.415 e. The van der Waals surface area contributed by atoms with Gasteiger partial charge in [-0.25, -0.2) is 4.79 Å². The minimum atomic E-state index is -0.368. The van der Waals surface area contributed by atoms with Crippen LogP contribution in [0.25, 0.3) is 0 Å². The van der Waals surface area contributed by atoms with Crippen molar-refractivity contribution in [2.75, 3.05) is 23.0 Å². The number of aryl methyl sites for hydroxylation is 1. The minimum absolute atomic E-state index is 0.152. The third-order valence-corrected chi connectivity index (χ3v) is 3.74. The number of nitrogens with zero attached hydrogens (tertiary/aromatic N) is 1. The second-order valence-electron chi connectivity index (χ2n) is 5.14. The van der Waals surface area contributed by atoms with Crippen LogP contribution in [-0.4, -0.2) is 12.7 Å². The van der Waals surface area contributed by atoms with Crippen LogP contribution in [0.1, 0.15) is 17.2 Å². The lowest BCUT2D eigenvalue weighted by Crippen LogP contribution is -2.27. The summed E-state index contributed by atoms with van der Waals surface area (Å²) in [5.74, 6) is 0. The first-order valence-corrected chi connectivity index (χ1v) is 6.74. The molecule has 2 aromatic carbocycles. The molecule has 0 spiro atoms. The Morgan fingerprint density at radius 3 is 2.57 bits per heavy atom. The van der Waals surface area contributed by atoms with Crippen molar-refractivity contribution in [3.8, 4) is 0 Å². The van der Waals surface area contributed by atoms with Crippen LogP contribution in [0.15, 0.2) is 42.5 Å².